The van der Waals surface area contributed by atoms with Crippen molar-refractivity contribution in [1.82, 2.24) is 0 Å². The van der Waals surface area contributed by atoms with E-state index in [4.69, 9.17) is 0 Å². The minimum absolute atomic E-state index is 0.361. The molecule has 0 aromatic heterocycles. The maximum absolute atomic E-state index is 12.9. The second-order valence-electron chi connectivity index (χ2n) is 3.25. The topological polar surface area (TPSA) is 29.4 Å². The minimum atomic E-state index is -2.04. The van der Waals surface area contributed by atoms with Gasteiger partial charge in [-0.2, -0.15) is 4.36 Å². The lowest BCUT2D eigenvalue weighted by Crippen LogP contribution is -2.22. The Morgan fingerprint density at radius 3 is 2.57 bits per heavy atom. The first-order valence-electron chi connectivity index (χ1n) is 4.26. The number of rotatable bonds is 1. The Bertz CT molecular complexity index is 449. The minimum Gasteiger partial charge on any atom is -0.249 e. The van der Waals surface area contributed by atoms with Crippen LogP contribution in [0.4, 0.5) is 10.1 Å². The number of hydrogen-bond acceptors (Lipinski definition) is 2. The van der Waals surface area contributed by atoms with E-state index in [1.807, 2.05) is 0 Å². The molecule has 0 bridgehead atoms. The standard InChI is InChI=1S/C9H9BrFNOS/c10-7-4-8(11)6-9(5-7)12-14(13)2-1-3-14/h4-6H,1-3H2. The second-order valence-corrected chi connectivity index (χ2v) is 6.71. The van der Waals surface area contributed by atoms with E-state index in [1.54, 1.807) is 6.07 Å². The summed E-state index contributed by atoms with van der Waals surface area (Å²) < 4.78 is 29.4. The zero-order valence-corrected chi connectivity index (χ0v) is 9.78. The van der Waals surface area contributed by atoms with Gasteiger partial charge in [-0.05, 0) is 18.6 Å². The fourth-order valence-electron chi connectivity index (χ4n) is 1.27. The lowest BCUT2D eigenvalue weighted by atomic mass is 10.3. The van der Waals surface area contributed by atoms with Crippen molar-refractivity contribution < 1.29 is 8.60 Å². The molecular formula is C9H9BrFNOS. The van der Waals surface area contributed by atoms with Gasteiger partial charge in [0.2, 0.25) is 0 Å². The van der Waals surface area contributed by atoms with Gasteiger partial charge in [0.05, 0.1) is 15.4 Å². The Kier molecular flexibility index (Phi) is 2.62. The number of hydrogen-bond donors (Lipinski definition) is 0. The van der Waals surface area contributed by atoms with Crippen molar-refractivity contribution in [2.24, 2.45) is 4.36 Å². The first kappa shape index (κ1) is 10.1. The predicted molar refractivity (Wildman–Crippen MR) is 58.7 cm³/mol. The summed E-state index contributed by atoms with van der Waals surface area (Å²) in [5.41, 5.74) is 0.460. The van der Waals surface area contributed by atoms with Crippen LogP contribution in [0.25, 0.3) is 0 Å². The van der Waals surface area contributed by atoms with Crippen LogP contribution in [-0.2, 0) is 9.73 Å². The van der Waals surface area contributed by atoms with Crippen molar-refractivity contribution in [1.29, 1.82) is 0 Å². The van der Waals surface area contributed by atoms with Crippen LogP contribution in [-0.4, -0.2) is 15.7 Å². The van der Waals surface area contributed by atoms with Gasteiger partial charge in [-0.15, -0.1) is 0 Å². The molecule has 76 valence electrons. The van der Waals surface area contributed by atoms with Crippen LogP contribution < -0.4 is 0 Å². The summed E-state index contributed by atoms with van der Waals surface area (Å²) in [5.74, 6) is 0.919. The van der Waals surface area contributed by atoms with Gasteiger partial charge in [0.1, 0.15) is 5.82 Å². The maximum Gasteiger partial charge on any atom is 0.126 e. The molecule has 5 heteroatoms. The van der Waals surface area contributed by atoms with Gasteiger partial charge >= 0.3 is 0 Å². The third-order valence-electron chi connectivity index (χ3n) is 2.05. The van der Waals surface area contributed by atoms with Crippen LogP contribution in [0.3, 0.4) is 0 Å². The average Bonchev–Trinajstić information content (AvgIpc) is 1.99. The van der Waals surface area contributed by atoms with E-state index in [9.17, 15) is 8.60 Å². The highest BCUT2D eigenvalue weighted by molar-refractivity contribution is 9.10. The van der Waals surface area contributed by atoms with Crippen molar-refractivity contribution in [2.75, 3.05) is 11.5 Å². The Labute approximate surface area is 90.8 Å². The molecule has 1 saturated heterocycles. The summed E-state index contributed by atoms with van der Waals surface area (Å²) in [7, 11) is -2.04. The fraction of sp³-hybridized carbons (Fsp3) is 0.333. The molecule has 2 rings (SSSR count). The normalized spacial score (nSPS) is 18.7. The molecule has 0 spiro atoms. The van der Waals surface area contributed by atoms with Gasteiger partial charge < -0.3 is 0 Å². The number of nitrogens with zero attached hydrogens (tertiary/aromatic N) is 1. The largest absolute Gasteiger partial charge is 0.249 e. The molecule has 1 aliphatic heterocycles. The molecule has 0 aliphatic carbocycles. The maximum atomic E-state index is 12.9. The predicted octanol–water partition coefficient (Wildman–Crippen LogP) is 3.09. The molecule has 1 aliphatic rings. The molecule has 0 N–H and O–H groups in total. The van der Waals surface area contributed by atoms with Crippen molar-refractivity contribution in [3.8, 4) is 0 Å². The Morgan fingerprint density at radius 2 is 2.07 bits per heavy atom. The monoisotopic (exact) mass is 277 g/mol. The Hall–Kier alpha value is -0.420. The van der Waals surface area contributed by atoms with Crippen molar-refractivity contribution in [3.63, 3.8) is 0 Å². The van der Waals surface area contributed by atoms with Crippen LogP contribution in [0.5, 0.6) is 0 Å². The van der Waals surface area contributed by atoms with Gasteiger partial charge in [0.15, 0.2) is 0 Å². The summed E-state index contributed by atoms with van der Waals surface area (Å²) in [4.78, 5) is 0. The van der Waals surface area contributed by atoms with E-state index in [-0.39, 0.29) is 5.82 Å². The van der Waals surface area contributed by atoms with Gasteiger partial charge in [0, 0.05) is 22.0 Å². The van der Waals surface area contributed by atoms with E-state index in [1.165, 1.54) is 12.1 Å². The highest BCUT2D eigenvalue weighted by Gasteiger charge is 2.19. The van der Waals surface area contributed by atoms with Crippen LogP contribution in [0.15, 0.2) is 27.0 Å². The van der Waals surface area contributed by atoms with Gasteiger partial charge in [-0.1, -0.05) is 15.9 Å². The SMILES string of the molecule is O=S1(=Nc2cc(F)cc(Br)c2)CCC1. The summed E-state index contributed by atoms with van der Waals surface area (Å²) in [6.07, 6.45) is 0.957. The molecule has 14 heavy (non-hydrogen) atoms. The molecule has 0 unspecified atom stereocenters. The van der Waals surface area contributed by atoms with Crippen LogP contribution >= 0.6 is 15.9 Å². The Balaban J connectivity index is 2.43. The Morgan fingerprint density at radius 1 is 1.36 bits per heavy atom. The summed E-state index contributed by atoms with van der Waals surface area (Å²) in [5, 5.41) is 0. The average molecular weight is 278 g/mol. The van der Waals surface area contributed by atoms with E-state index in [0.717, 1.165) is 6.42 Å². The fourth-order valence-corrected chi connectivity index (χ4v) is 3.17. The van der Waals surface area contributed by atoms with Crippen molar-refractivity contribution >= 4 is 31.3 Å². The molecular weight excluding hydrogens is 269 g/mol. The highest BCUT2D eigenvalue weighted by atomic mass is 79.9. The summed E-state index contributed by atoms with van der Waals surface area (Å²) in [6.45, 7) is 0. The summed E-state index contributed by atoms with van der Waals surface area (Å²) >= 11 is 3.17. The molecule has 2 nitrogen and oxygen atoms in total. The first-order valence-corrected chi connectivity index (χ1v) is 6.91. The molecule has 1 fully saturated rings. The summed E-state index contributed by atoms with van der Waals surface area (Å²) in [6, 6.07) is 4.33. The van der Waals surface area contributed by atoms with Gasteiger partial charge in [0.25, 0.3) is 0 Å². The molecule has 0 amide bonds. The number of benzene rings is 1. The quantitative estimate of drug-likeness (QED) is 0.776. The van der Waals surface area contributed by atoms with Crippen LogP contribution in [0.1, 0.15) is 6.42 Å². The lowest BCUT2D eigenvalue weighted by Gasteiger charge is -2.17. The van der Waals surface area contributed by atoms with Crippen LogP contribution in [0.2, 0.25) is 0 Å². The van der Waals surface area contributed by atoms with E-state index >= 15 is 0 Å². The number of halogens is 2. The molecule has 0 atom stereocenters. The smallest absolute Gasteiger partial charge is 0.126 e. The zero-order chi connectivity index (χ0) is 10.2. The van der Waals surface area contributed by atoms with Crippen LogP contribution in [0, 0.1) is 5.82 Å². The third kappa shape index (κ3) is 2.15. The van der Waals surface area contributed by atoms with Crippen molar-refractivity contribution in [3.05, 3.63) is 28.5 Å². The van der Waals surface area contributed by atoms with Gasteiger partial charge in [-0.25, -0.2) is 8.60 Å². The highest BCUT2D eigenvalue weighted by Crippen LogP contribution is 2.25. The van der Waals surface area contributed by atoms with E-state index in [2.05, 4.69) is 20.3 Å². The van der Waals surface area contributed by atoms with E-state index < -0.39 is 9.73 Å². The third-order valence-corrected chi connectivity index (χ3v) is 4.90. The molecule has 0 radical (unpaired) electrons. The van der Waals surface area contributed by atoms with Crippen molar-refractivity contribution in [2.45, 2.75) is 6.42 Å². The molecule has 1 aromatic rings. The lowest BCUT2D eigenvalue weighted by molar-refractivity contribution is 0.627. The first-order chi connectivity index (χ1) is 6.57. The molecule has 1 aromatic carbocycles. The second kappa shape index (κ2) is 3.62. The molecule has 1 heterocycles. The van der Waals surface area contributed by atoms with E-state index in [0.29, 0.717) is 21.7 Å². The molecule has 0 saturated carbocycles. The zero-order valence-electron chi connectivity index (χ0n) is 7.37. The van der Waals surface area contributed by atoms with Gasteiger partial charge in [-0.3, -0.25) is 0 Å².